The average molecular weight is 253 g/mol. The molecular weight excluding hydrogens is 244 g/mol. The standard InChI is InChI=1S/C11H9BrO2/c12-10-2-1-7-5-11(14)9(6-13)3-8(7)4-10/h1-5,13-14H,6H2. The van der Waals surface area contributed by atoms with Gasteiger partial charge < -0.3 is 10.2 Å². The lowest BCUT2D eigenvalue weighted by atomic mass is 10.1. The molecule has 0 spiro atoms. The van der Waals surface area contributed by atoms with Crippen molar-refractivity contribution in [3.05, 3.63) is 40.4 Å². The van der Waals surface area contributed by atoms with Gasteiger partial charge in [-0.05, 0) is 35.0 Å². The van der Waals surface area contributed by atoms with E-state index >= 15 is 0 Å². The molecular formula is C11H9BrO2. The van der Waals surface area contributed by atoms with Gasteiger partial charge in [0.15, 0.2) is 0 Å². The third-order valence-electron chi connectivity index (χ3n) is 2.17. The Kier molecular flexibility index (Phi) is 2.44. The van der Waals surface area contributed by atoms with Crippen LogP contribution >= 0.6 is 15.9 Å². The third kappa shape index (κ3) is 1.61. The van der Waals surface area contributed by atoms with Gasteiger partial charge in [0.25, 0.3) is 0 Å². The fourth-order valence-corrected chi connectivity index (χ4v) is 1.81. The number of aromatic hydroxyl groups is 1. The smallest absolute Gasteiger partial charge is 0.121 e. The van der Waals surface area contributed by atoms with E-state index < -0.39 is 0 Å². The number of benzene rings is 2. The first-order chi connectivity index (χ1) is 6.70. The Labute approximate surface area is 89.9 Å². The van der Waals surface area contributed by atoms with Crippen molar-refractivity contribution in [3.63, 3.8) is 0 Å². The summed E-state index contributed by atoms with van der Waals surface area (Å²) in [6, 6.07) is 9.23. The van der Waals surface area contributed by atoms with E-state index in [0.717, 1.165) is 15.2 Å². The Morgan fingerprint density at radius 1 is 1.07 bits per heavy atom. The summed E-state index contributed by atoms with van der Waals surface area (Å²) in [6.45, 7) is -0.145. The van der Waals surface area contributed by atoms with Gasteiger partial charge in [-0.3, -0.25) is 0 Å². The molecule has 2 rings (SSSR count). The fourth-order valence-electron chi connectivity index (χ4n) is 1.43. The lowest BCUT2D eigenvalue weighted by Crippen LogP contribution is -1.84. The van der Waals surface area contributed by atoms with Gasteiger partial charge >= 0.3 is 0 Å². The fraction of sp³-hybridized carbons (Fsp3) is 0.0909. The molecule has 0 bridgehead atoms. The zero-order chi connectivity index (χ0) is 10.1. The molecule has 0 atom stereocenters. The normalized spacial score (nSPS) is 10.7. The largest absolute Gasteiger partial charge is 0.508 e. The summed E-state index contributed by atoms with van der Waals surface area (Å²) < 4.78 is 0.986. The Morgan fingerprint density at radius 2 is 1.86 bits per heavy atom. The number of halogens is 1. The van der Waals surface area contributed by atoms with Crippen molar-refractivity contribution >= 4 is 26.7 Å². The highest BCUT2D eigenvalue weighted by atomic mass is 79.9. The molecule has 0 saturated carbocycles. The molecule has 0 unspecified atom stereocenters. The molecule has 0 radical (unpaired) electrons. The monoisotopic (exact) mass is 252 g/mol. The Hall–Kier alpha value is -1.06. The first-order valence-corrected chi connectivity index (χ1v) is 5.02. The number of rotatable bonds is 1. The summed E-state index contributed by atoms with van der Waals surface area (Å²) in [4.78, 5) is 0. The molecule has 0 aromatic heterocycles. The number of aliphatic hydroxyl groups excluding tert-OH is 1. The van der Waals surface area contributed by atoms with Crippen LogP contribution in [0.5, 0.6) is 5.75 Å². The van der Waals surface area contributed by atoms with E-state index in [4.69, 9.17) is 5.11 Å². The van der Waals surface area contributed by atoms with Crippen molar-refractivity contribution in [2.24, 2.45) is 0 Å². The first kappa shape index (κ1) is 9.49. The van der Waals surface area contributed by atoms with Crippen LogP contribution in [-0.2, 0) is 6.61 Å². The van der Waals surface area contributed by atoms with Crippen LogP contribution in [0.4, 0.5) is 0 Å². The van der Waals surface area contributed by atoms with E-state index in [0.29, 0.717) is 5.56 Å². The third-order valence-corrected chi connectivity index (χ3v) is 2.66. The van der Waals surface area contributed by atoms with E-state index in [9.17, 15) is 5.11 Å². The van der Waals surface area contributed by atoms with Crippen molar-refractivity contribution in [3.8, 4) is 5.75 Å². The summed E-state index contributed by atoms with van der Waals surface area (Å²) in [7, 11) is 0. The summed E-state index contributed by atoms with van der Waals surface area (Å²) >= 11 is 3.37. The van der Waals surface area contributed by atoms with Crippen LogP contribution in [0.1, 0.15) is 5.56 Å². The van der Waals surface area contributed by atoms with Crippen LogP contribution in [0.3, 0.4) is 0 Å². The number of aliphatic hydroxyl groups is 1. The van der Waals surface area contributed by atoms with E-state index in [1.165, 1.54) is 0 Å². The molecule has 0 amide bonds. The highest BCUT2D eigenvalue weighted by molar-refractivity contribution is 9.10. The summed E-state index contributed by atoms with van der Waals surface area (Å²) in [5.74, 6) is 0.141. The molecule has 2 aromatic rings. The molecule has 0 heterocycles. The second-order valence-electron chi connectivity index (χ2n) is 3.13. The minimum Gasteiger partial charge on any atom is -0.508 e. The van der Waals surface area contributed by atoms with E-state index in [1.54, 1.807) is 12.1 Å². The van der Waals surface area contributed by atoms with Crippen molar-refractivity contribution in [2.45, 2.75) is 6.61 Å². The van der Waals surface area contributed by atoms with Gasteiger partial charge in [-0.25, -0.2) is 0 Å². The van der Waals surface area contributed by atoms with Gasteiger partial charge in [0.05, 0.1) is 6.61 Å². The van der Waals surface area contributed by atoms with Gasteiger partial charge in [0.2, 0.25) is 0 Å². The molecule has 14 heavy (non-hydrogen) atoms. The van der Waals surface area contributed by atoms with Gasteiger partial charge in [0.1, 0.15) is 5.75 Å². The number of fused-ring (bicyclic) bond motifs is 1. The summed E-state index contributed by atoms with van der Waals surface area (Å²) in [6.07, 6.45) is 0. The van der Waals surface area contributed by atoms with Crippen molar-refractivity contribution in [1.29, 1.82) is 0 Å². The number of hydrogen-bond acceptors (Lipinski definition) is 2. The second kappa shape index (κ2) is 3.59. The maximum Gasteiger partial charge on any atom is 0.121 e. The molecule has 3 heteroatoms. The van der Waals surface area contributed by atoms with Crippen LogP contribution in [0.2, 0.25) is 0 Å². The van der Waals surface area contributed by atoms with Crippen LogP contribution < -0.4 is 0 Å². The SMILES string of the molecule is OCc1cc2cc(Br)ccc2cc1O. The first-order valence-electron chi connectivity index (χ1n) is 4.23. The Bertz CT molecular complexity index is 480. The molecule has 2 N–H and O–H groups in total. The van der Waals surface area contributed by atoms with Crippen molar-refractivity contribution in [2.75, 3.05) is 0 Å². The van der Waals surface area contributed by atoms with Crippen LogP contribution in [0.15, 0.2) is 34.8 Å². The predicted molar refractivity (Wildman–Crippen MR) is 59.2 cm³/mol. The molecule has 2 nitrogen and oxygen atoms in total. The average Bonchev–Trinajstić information content (AvgIpc) is 2.17. The molecule has 72 valence electrons. The van der Waals surface area contributed by atoms with E-state index in [2.05, 4.69) is 15.9 Å². The molecule has 0 aliphatic carbocycles. The quantitative estimate of drug-likeness (QED) is 0.820. The summed E-state index contributed by atoms with van der Waals surface area (Å²) in [5, 5.41) is 20.4. The lowest BCUT2D eigenvalue weighted by molar-refractivity contribution is 0.276. The Morgan fingerprint density at radius 3 is 2.57 bits per heavy atom. The van der Waals surface area contributed by atoms with Crippen molar-refractivity contribution in [1.82, 2.24) is 0 Å². The highest BCUT2D eigenvalue weighted by Gasteiger charge is 2.02. The summed E-state index contributed by atoms with van der Waals surface area (Å²) in [5.41, 5.74) is 0.551. The van der Waals surface area contributed by atoms with Crippen LogP contribution in [0.25, 0.3) is 10.8 Å². The van der Waals surface area contributed by atoms with Crippen molar-refractivity contribution < 1.29 is 10.2 Å². The van der Waals surface area contributed by atoms with Gasteiger partial charge in [0, 0.05) is 10.0 Å². The number of phenols is 1. The zero-order valence-corrected chi connectivity index (χ0v) is 8.95. The maximum atomic E-state index is 9.51. The molecule has 0 fully saturated rings. The zero-order valence-electron chi connectivity index (χ0n) is 7.37. The Balaban J connectivity index is 2.73. The van der Waals surface area contributed by atoms with E-state index in [1.807, 2.05) is 18.2 Å². The molecule has 2 aromatic carbocycles. The van der Waals surface area contributed by atoms with Crippen LogP contribution in [0, 0.1) is 0 Å². The van der Waals surface area contributed by atoms with E-state index in [-0.39, 0.29) is 12.4 Å². The molecule has 0 saturated heterocycles. The van der Waals surface area contributed by atoms with Gasteiger partial charge in [-0.2, -0.15) is 0 Å². The maximum absolute atomic E-state index is 9.51. The topological polar surface area (TPSA) is 40.5 Å². The minimum absolute atomic E-state index is 0.141. The van der Waals surface area contributed by atoms with Gasteiger partial charge in [-0.15, -0.1) is 0 Å². The highest BCUT2D eigenvalue weighted by Crippen LogP contribution is 2.27. The second-order valence-corrected chi connectivity index (χ2v) is 4.05. The lowest BCUT2D eigenvalue weighted by Gasteiger charge is -2.04. The minimum atomic E-state index is -0.145. The predicted octanol–water partition coefficient (Wildman–Crippen LogP) is 2.80. The van der Waals surface area contributed by atoms with Crippen LogP contribution in [-0.4, -0.2) is 10.2 Å². The molecule has 0 aliphatic rings. The molecule has 0 aliphatic heterocycles. The number of hydrogen-bond donors (Lipinski definition) is 2. The van der Waals surface area contributed by atoms with Gasteiger partial charge in [-0.1, -0.05) is 22.0 Å².